The average molecular weight is 449 g/mol. The lowest BCUT2D eigenvalue weighted by Gasteiger charge is -2.22. The molecule has 0 saturated carbocycles. The van der Waals surface area contributed by atoms with Gasteiger partial charge in [0.15, 0.2) is 0 Å². The highest BCUT2D eigenvalue weighted by molar-refractivity contribution is 6.10. The molecule has 2 saturated heterocycles. The second kappa shape index (κ2) is 7.73. The lowest BCUT2D eigenvalue weighted by molar-refractivity contribution is -0.133. The Hall–Kier alpha value is -4.21. The minimum absolute atomic E-state index is 0.348. The maximum Gasteiger partial charge on any atom is 0.325 e. The molecule has 0 aromatic heterocycles. The van der Waals surface area contributed by atoms with Gasteiger partial charge >= 0.3 is 12.1 Å². The van der Waals surface area contributed by atoms with Gasteiger partial charge in [0.25, 0.3) is 11.8 Å². The first kappa shape index (κ1) is 22.0. The monoisotopic (exact) mass is 449 g/mol. The van der Waals surface area contributed by atoms with E-state index in [0.717, 1.165) is 10.5 Å². The fourth-order valence-electron chi connectivity index (χ4n) is 3.92. The summed E-state index contributed by atoms with van der Waals surface area (Å²) in [4.78, 5) is 62.7. The minimum atomic E-state index is -1.28. The van der Waals surface area contributed by atoms with Crippen molar-refractivity contribution >= 4 is 35.5 Å². The highest BCUT2D eigenvalue weighted by Crippen LogP contribution is 2.29. The third-order valence-electron chi connectivity index (χ3n) is 5.97. The molecule has 0 aliphatic carbocycles. The number of imide groups is 2. The molecular weight excluding hydrogens is 426 g/mol. The normalized spacial score (nSPS) is 24.4. The Morgan fingerprint density at radius 3 is 2.27 bits per heavy atom. The Labute approximate surface area is 189 Å². The molecule has 2 aromatic rings. The Balaban J connectivity index is 1.48. The quantitative estimate of drug-likeness (QED) is 0.512. The molecule has 4 rings (SSSR count). The second-order valence-electron chi connectivity index (χ2n) is 8.47. The number of amides is 7. The number of urea groups is 2. The number of hydrogen-bond donors (Lipinski definition) is 4. The molecule has 2 aromatic carbocycles. The van der Waals surface area contributed by atoms with Gasteiger partial charge in [-0.05, 0) is 44.0 Å². The molecule has 7 amide bonds. The predicted molar refractivity (Wildman–Crippen MR) is 118 cm³/mol. The molecule has 170 valence electrons. The van der Waals surface area contributed by atoms with Crippen LogP contribution in [0.25, 0.3) is 0 Å². The van der Waals surface area contributed by atoms with Crippen molar-refractivity contribution in [2.24, 2.45) is 0 Å². The fraction of sp³-hybridized carbons (Fsp3) is 0.261. The Bertz CT molecular complexity index is 1190. The van der Waals surface area contributed by atoms with E-state index in [0.29, 0.717) is 16.8 Å². The van der Waals surface area contributed by atoms with Crippen molar-refractivity contribution in [1.82, 2.24) is 20.9 Å². The first-order valence-corrected chi connectivity index (χ1v) is 10.3. The summed E-state index contributed by atoms with van der Waals surface area (Å²) >= 11 is 0. The summed E-state index contributed by atoms with van der Waals surface area (Å²) in [7, 11) is 0. The van der Waals surface area contributed by atoms with Crippen LogP contribution in [-0.2, 0) is 25.5 Å². The van der Waals surface area contributed by atoms with Crippen LogP contribution in [0, 0.1) is 6.92 Å². The van der Waals surface area contributed by atoms with E-state index < -0.39 is 47.4 Å². The van der Waals surface area contributed by atoms with Crippen molar-refractivity contribution in [3.63, 3.8) is 0 Å². The van der Waals surface area contributed by atoms with Crippen molar-refractivity contribution in [2.45, 2.75) is 31.8 Å². The molecule has 2 atom stereocenters. The molecule has 2 unspecified atom stereocenters. The fourth-order valence-corrected chi connectivity index (χ4v) is 3.92. The Kier molecular flexibility index (Phi) is 5.15. The number of nitrogens with one attached hydrogen (secondary N) is 4. The van der Waals surface area contributed by atoms with E-state index in [4.69, 9.17) is 0 Å². The maximum atomic E-state index is 13.0. The number of carbonyl (C=O) groups is 5. The van der Waals surface area contributed by atoms with Gasteiger partial charge in [0, 0.05) is 5.69 Å². The summed E-state index contributed by atoms with van der Waals surface area (Å²) in [5.74, 6) is -1.63. The van der Waals surface area contributed by atoms with Crippen molar-refractivity contribution in [3.8, 4) is 0 Å². The van der Waals surface area contributed by atoms with Crippen LogP contribution in [0.3, 0.4) is 0 Å². The molecule has 33 heavy (non-hydrogen) atoms. The van der Waals surface area contributed by atoms with Crippen molar-refractivity contribution in [1.29, 1.82) is 0 Å². The number of nitrogens with zero attached hydrogens (tertiary/aromatic N) is 1. The van der Waals surface area contributed by atoms with Crippen molar-refractivity contribution in [2.75, 3.05) is 11.9 Å². The number of anilines is 1. The largest absolute Gasteiger partial charge is 0.325 e. The molecule has 2 heterocycles. The van der Waals surface area contributed by atoms with Crippen LogP contribution >= 0.6 is 0 Å². The zero-order valence-corrected chi connectivity index (χ0v) is 18.3. The number of carbonyl (C=O) groups excluding carboxylic acids is 5. The van der Waals surface area contributed by atoms with Crippen molar-refractivity contribution < 1.29 is 24.0 Å². The smallest absolute Gasteiger partial charge is 0.325 e. The molecule has 4 N–H and O–H groups in total. The van der Waals surface area contributed by atoms with E-state index in [1.165, 1.54) is 0 Å². The molecule has 2 aliphatic rings. The topological polar surface area (TPSA) is 137 Å². The van der Waals surface area contributed by atoms with Crippen LogP contribution in [0.2, 0.25) is 0 Å². The third-order valence-corrected chi connectivity index (χ3v) is 5.97. The zero-order valence-electron chi connectivity index (χ0n) is 18.3. The standard InChI is InChI=1S/C23H23N5O5/c1-13-7-9-14(10-8-13)23(3)19(31)28(21(33)27-23)12-17(29)24-16-6-4-5-15(11-16)22(2)18(30)25-20(32)26-22/h4-11H,12H2,1-3H3,(H,24,29)(H,27,33)(H2,25,26,30,32). The molecule has 0 spiro atoms. The van der Waals surface area contributed by atoms with Gasteiger partial charge < -0.3 is 16.0 Å². The molecule has 2 fully saturated rings. The maximum absolute atomic E-state index is 13.0. The summed E-state index contributed by atoms with van der Waals surface area (Å²) in [5, 5.41) is 10.0. The first-order chi connectivity index (χ1) is 15.5. The van der Waals surface area contributed by atoms with Crippen LogP contribution < -0.4 is 21.3 Å². The van der Waals surface area contributed by atoms with Gasteiger partial charge in [-0.1, -0.05) is 42.0 Å². The third kappa shape index (κ3) is 3.79. The minimum Gasteiger partial charge on any atom is -0.325 e. The van der Waals surface area contributed by atoms with Gasteiger partial charge in [-0.3, -0.25) is 24.6 Å². The molecule has 10 heteroatoms. The highest BCUT2D eigenvalue weighted by Gasteiger charge is 2.49. The molecule has 10 nitrogen and oxygen atoms in total. The summed E-state index contributed by atoms with van der Waals surface area (Å²) < 4.78 is 0. The van der Waals surface area contributed by atoms with Crippen LogP contribution in [0.15, 0.2) is 48.5 Å². The summed E-state index contributed by atoms with van der Waals surface area (Å²) in [6, 6.07) is 12.4. The molecule has 0 bridgehead atoms. The second-order valence-corrected chi connectivity index (χ2v) is 8.47. The van der Waals surface area contributed by atoms with Crippen LogP contribution in [0.4, 0.5) is 15.3 Å². The number of rotatable bonds is 5. The molecule has 0 radical (unpaired) electrons. The Morgan fingerprint density at radius 1 is 0.939 bits per heavy atom. The number of aryl methyl sites for hydroxylation is 1. The summed E-state index contributed by atoms with van der Waals surface area (Å²) in [6.45, 7) is 4.58. The van der Waals surface area contributed by atoms with E-state index in [-0.39, 0.29) is 0 Å². The van der Waals surface area contributed by atoms with Crippen LogP contribution in [0.1, 0.15) is 30.5 Å². The lowest BCUT2D eigenvalue weighted by atomic mass is 9.91. The molecular formula is C23H23N5O5. The van der Waals surface area contributed by atoms with Gasteiger partial charge in [-0.15, -0.1) is 0 Å². The van der Waals surface area contributed by atoms with Crippen molar-refractivity contribution in [3.05, 3.63) is 65.2 Å². The molecule has 2 aliphatic heterocycles. The van der Waals surface area contributed by atoms with E-state index >= 15 is 0 Å². The van der Waals surface area contributed by atoms with Gasteiger partial charge in [0.2, 0.25) is 5.91 Å². The average Bonchev–Trinajstić information content (AvgIpc) is 3.15. The summed E-state index contributed by atoms with van der Waals surface area (Å²) in [5.41, 5.74) is -0.105. The summed E-state index contributed by atoms with van der Waals surface area (Å²) in [6.07, 6.45) is 0. The van der Waals surface area contributed by atoms with E-state index in [1.807, 2.05) is 19.1 Å². The van der Waals surface area contributed by atoms with E-state index in [1.54, 1.807) is 50.2 Å². The van der Waals surface area contributed by atoms with Crippen LogP contribution in [-0.4, -0.2) is 41.2 Å². The van der Waals surface area contributed by atoms with Gasteiger partial charge in [0.1, 0.15) is 17.6 Å². The van der Waals surface area contributed by atoms with E-state index in [2.05, 4.69) is 21.3 Å². The van der Waals surface area contributed by atoms with Crippen LogP contribution in [0.5, 0.6) is 0 Å². The number of hydrogen-bond acceptors (Lipinski definition) is 5. The number of benzene rings is 2. The predicted octanol–water partition coefficient (Wildman–Crippen LogP) is 1.46. The van der Waals surface area contributed by atoms with Gasteiger partial charge in [-0.2, -0.15) is 0 Å². The SMILES string of the molecule is Cc1ccc(C2(C)NC(=O)N(CC(=O)Nc3cccc(C4(C)NC(=O)NC4=O)c3)C2=O)cc1. The van der Waals surface area contributed by atoms with E-state index in [9.17, 15) is 24.0 Å². The zero-order chi connectivity index (χ0) is 24.0. The van der Waals surface area contributed by atoms with Gasteiger partial charge in [0.05, 0.1) is 0 Å². The lowest BCUT2D eigenvalue weighted by Crippen LogP contribution is -2.42. The Morgan fingerprint density at radius 2 is 1.64 bits per heavy atom. The van der Waals surface area contributed by atoms with Gasteiger partial charge in [-0.25, -0.2) is 9.59 Å². The first-order valence-electron chi connectivity index (χ1n) is 10.3. The highest BCUT2D eigenvalue weighted by atomic mass is 16.2.